The zero-order chi connectivity index (χ0) is 22.9. The van der Waals surface area contributed by atoms with Crippen LogP contribution in [0.25, 0.3) is 0 Å². The highest BCUT2D eigenvalue weighted by molar-refractivity contribution is 5.92. The van der Waals surface area contributed by atoms with Crippen LogP contribution in [0.4, 0.5) is 10.5 Å². The minimum atomic E-state index is -0.764. The molecule has 1 unspecified atom stereocenters. The van der Waals surface area contributed by atoms with Gasteiger partial charge in [0.1, 0.15) is 5.60 Å². The van der Waals surface area contributed by atoms with E-state index in [1.54, 1.807) is 11.9 Å². The minimum Gasteiger partial charge on any atom is -0.443 e. The fourth-order valence-corrected chi connectivity index (χ4v) is 5.21. The lowest BCUT2D eigenvalue weighted by Gasteiger charge is -2.48. The molecule has 2 aliphatic heterocycles. The van der Waals surface area contributed by atoms with Gasteiger partial charge in [-0.1, -0.05) is 42.5 Å². The van der Waals surface area contributed by atoms with E-state index in [1.165, 1.54) is 0 Å². The number of benzene rings is 2. The normalized spacial score (nSPS) is 25.1. The van der Waals surface area contributed by atoms with Gasteiger partial charge in [-0.25, -0.2) is 4.79 Å². The average molecular weight is 438 g/mol. The molecule has 2 amide bonds. The fourth-order valence-electron chi connectivity index (χ4n) is 5.21. The van der Waals surface area contributed by atoms with Crippen LogP contribution in [0.2, 0.25) is 0 Å². The second-order valence-corrected chi connectivity index (χ2v) is 9.12. The first-order valence-electron chi connectivity index (χ1n) is 11.1. The van der Waals surface area contributed by atoms with E-state index in [-0.39, 0.29) is 36.5 Å². The molecule has 2 aromatic rings. The van der Waals surface area contributed by atoms with Crippen LogP contribution in [0.15, 0.2) is 54.6 Å². The van der Waals surface area contributed by atoms with Gasteiger partial charge in [-0.3, -0.25) is 9.69 Å². The lowest BCUT2D eigenvalue weighted by Crippen LogP contribution is -2.58. The monoisotopic (exact) mass is 437 g/mol. The summed E-state index contributed by atoms with van der Waals surface area (Å²) in [7, 11) is 1.73. The Bertz CT molecular complexity index is 961. The van der Waals surface area contributed by atoms with Crippen LogP contribution < -0.4 is 10.6 Å². The molecule has 2 saturated heterocycles. The van der Waals surface area contributed by atoms with E-state index in [4.69, 9.17) is 4.74 Å². The van der Waals surface area contributed by atoms with E-state index >= 15 is 0 Å². The van der Waals surface area contributed by atoms with Crippen LogP contribution >= 0.6 is 0 Å². The molecule has 4 rings (SSSR count). The van der Waals surface area contributed by atoms with Crippen LogP contribution in [-0.2, 0) is 9.53 Å². The quantitative estimate of drug-likeness (QED) is 0.644. The van der Waals surface area contributed by atoms with Gasteiger partial charge in [0.05, 0.1) is 18.7 Å². The number of cyclic esters (lactones) is 1. The van der Waals surface area contributed by atoms with Crippen molar-refractivity contribution in [1.29, 1.82) is 0 Å². The smallest absolute Gasteiger partial charge is 0.410 e. The standard InChI is InChI=1S/C25H31N3O4/c1-25(2)22(16-9-11-18(12-10-16)27-21(29)15-26-3)19-13-14-20(28(19)24(31)32-25)23(30)17-7-5-4-6-8-17/h4-12,19-20,22-23,26,30H,13-15H2,1-3H3,(H,27,29)/t19-,20+,22?,23+/m0/s1. The predicted octanol–water partition coefficient (Wildman–Crippen LogP) is 3.42. The van der Waals surface area contributed by atoms with Crippen molar-refractivity contribution in [2.24, 2.45) is 0 Å². The number of rotatable bonds is 6. The van der Waals surface area contributed by atoms with Crippen molar-refractivity contribution in [1.82, 2.24) is 10.2 Å². The van der Waals surface area contributed by atoms with Gasteiger partial charge in [-0.05, 0) is 57.0 Å². The second kappa shape index (κ2) is 8.92. The van der Waals surface area contributed by atoms with E-state index < -0.39 is 11.7 Å². The van der Waals surface area contributed by atoms with Gasteiger partial charge in [-0.2, -0.15) is 0 Å². The molecule has 0 aliphatic carbocycles. The molecule has 2 aliphatic rings. The predicted molar refractivity (Wildman–Crippen MR) is 122 cm³/mol. The van der Waals surface area contributed by atoms with Crippen LogP contribution in [0, 0.1) is 0 Å². The first kappa shape index (κ1) is 22.3. The number of fused-ring (bicyclic) bond motifs is 1. The van der Waals surface area contributed by atoms with Gasteiger partial charge >= 0.3 is 6.09 Å². The summed E-state index contributed by atoms with van der Waals surface area (Å²) in [6.45, 7) is 4.13. The third kappa shape index (κ3) is 4.23. The SMILES string of the molecule is CNCC(=O)Nc1ccc(C2[C@@H]3CC[C@H]([C@H](O)c4ccccc4)N3C(=O)OC2(C)C)cc1. The number of carbonyl (C=O) groups is 2. The van der Waals surface area contributed by atoms with Crippen molar-refractivity contribution in [3.05, 3.63) is 65.7 Å². The van der Waals surface area contributed by atoms with E-state index in [9.17, 15) is 14.7 Å². The maximum Gasteiger partial charge on any atom is 0.410 e. The number of carbonyl (C=O) groups excluding carboxylic acids is 2. The third-order valence-corrected chi connectivity index (χ3v) is 6.56. The second-order valence-electron chi connectivity index (χ2n) is 9.12. The summed E-state index contributed by atoms with van der Waals surface area (Å²) in [6, 6.07) is 16.8. The van der Waals surface area contributed by atoms with Gasteiger partial charge in [-0.15, -0.1) is 0 Å². The van der Waals surface area contributed by atoms with Crippen LogP contribution in [0.1, 0.15) is 49.8 Å². The molecule has 7 heteroatoms. The molecule has 0 aromatic heterocycles. The molecular formula is C25H31N3O4. The van der Waals surface area contributed by atoms with Crippen molar-refractivity contribution >= 4 is 17.7 Å². The number of nitrogens with zero attached hydrogens (tertiary/aromatic N) is 1. The van der Waals surface area contributed by atoms with Gasteiger partial charge in [0, 0.05) is 17.6 Å². The van der Waals surface area contributed by atoms with Crippen LogP contribution in [0.5, 0.6) is 0 Å². The van der Waals surface area contributed by atoms with Gasteiger partial charge in [0.2, 0.25) is 5.91 Å². The Morgan fingerprint density at radius 1 is 1.16 bits per heavy atom. The summed E-state index contributed by atoms with van der Waals surface area (Å²) in [6.07, 6.45) is 0.365. The van der Waals surface area contributed by atoms with E-state index in [0.29, 0.717) is 6.42 Å². The van der Waals surface area contributed by atoms with Crippen molar-refractivity contribution in [2.75, 3.05) is 18.9 Å². The zero-order valence-electron chi connectivity index (χ0n) is 18.7. The number of aliphatic hydroxyl groups excluding tert-OH is 1. The summed E-state index contributed by atoms with van der Waals surface area (Å²) in [5.74, 6) is -0.165. The summed E-state index contributed by atoms with van der Waals surface area (Å²) >= 11 is 0. The number of hydrogen-bond donors (Lipinski definition) is 3. The Hall–Kier alpha value is -2.90. The molecule has 2 heterocycles. The lowest BCUT2D eigenvalue weighted by atomic mass is 9.77. The van der Waals surface area contributed by atoms with Crippen molar-refractivity contribution in [2.45, 2.75) is 56.4 Å². The topological polar surface area (TPSA) is 90.9 Å². The van der Waals surface area contributed by atoms with Crippen molar-refractivity contribution in [3.8, 4) is 0 Å². The number of nitrogens with one attached hydrogen (secondary N) is 2. The number of aliphatic hydroxyl groups is 1. The Kier molecular flexibility index (Phi) is 6.22. The van der Waals surface area contributed by atoms with Crippen molar-refractivity contribution < 1.29 is 19.4 Å². The average Bonchev–Trinajstić information content (AvgIpc) is 3.19. The molecule has 2 fully saturated rings. The Morgan fingerprint density at radius 3 is 2.50 bits per heavy atom. The maximum absolute atomic E-state index is 13.0. The minimum absolute atomic E-state index is 0.0600. The highest BCUT2D eigenvalue weighted by atomic mass is 16.6. The summed E-state index contributed by atoms with van der Waals surface area (Å²) in [4.78, 5) is 26.6. The van der Waals surface area contributed by atoms with Gasteiger partial charge in [0.25, 0.3) is 0 Å². The van der Waals surface area contributed by atoms with Gasteiger partial charge in [0.15, 0.2) is 0 Å². The molecule has 4 atom stereocenters. The van der Waals surface area contributed by atoms with E-state index in [0.717, 1.165) is 23.2 Å². The largest absolute Gasteiger partial charge is 0.443 e. The molecule has 2 aromatic carbocycles. The van der Waals surface area contributed by atoms with Crippen LogP contribution in [0.3, 0.4) is 0 Å². The summed E-state index contributed by atoms with van der Waals surface area (Å²) in [5.41, 5.74) is 1.87. The van der Waals surface area contributed by atoms with Gasteiger partial charge < -0.3 is 20.5 Å². The molecule has 0 spiro atoms. The van der Waals surface area contributed by atoms with Crippen LogP contribution in [-0.4, -0.2) is 53.3 Å². The number of hydrogen-bond acceptors (Lipinski definition) is 5. The van der Waals surface area contributed by atoms with E-state index in [1.807, 2.05) is 68.4 Å². The Balaban J connectivity index is 1.59. The van der Waals surface area contributed by atoms with E-state index in [2.05, 4.69) is 10.6 Å². The molecule has 170 valence electrons. The number of anilines is 1. The zero-order valence-corrected chi connectivity index (χ0v) is 18.7. The third-order valence-electron chi connectivity index (χ3n) is 6.56. The molecular weight excluding hydrogens is 406 g/mol. The number of likely N-dealkylation sites (N-methyl/N-ethyl adjacent to an activating group) is 1. The molecule has 3 N–H and O–H groups in total. The molecule has 32 heavy (non-hydrogen) atoms. The molecule has 0 radical (unpaired) electrons. The molecule has 0 saturated carbocycles. The highest BCUT2D eigenvalue weighted by Gasteiger charge is 2.55. The Labute approximate surface area is 188 Å². The first-order chi connectivity index (χ1) is 15.3. The molecule has 7 nitrogen and oxygen atoms in total. The number of amides is 2. The summed E-state index contributed by atoms with van der Waals surface area (Å²) < 4.78 is 5.90. The number of ether oxygens (including phenoxy) is 1. The molecule has 0 bridgehead atoms. The first-order valence-corrected chi connectivity index (χ1v) is 11.1. The van der Waals surface area contributed by atoms with Crippen molar-refractivity contribution in [3.63, 3.8) is 0 Å². The maximum atomic E-state index is 13.0. The Morgan fingerprint density at radius 2 is 1.84 bits per heavy atom. The lowest BCUT2D eigenvalue weighted by molar-refractivity contribution is -0.115. The highest BCUT2D eigenvalue weighted by Crippen LogP contribution is 2.48. The fraction of sp³-hybridized carbons (Fsp3) is 0.440. The summed E-state index contributed by atoms with van der Waals surface area (Å²) in [5, 5.41) is 16.7.